The van der Waals surface area contributed by atoms with Gasteiger partial charge in [0, 0.05) is 0 Å². The van der Waals surface area contributed by atoms with Gasteiger partial charge in [-0.3, -0.25) is 0 Å². The Morgan fingerprint density at radius 3 is 1.80 bits per heavy atom. The molecule has 120 valence electrons. The highest BCUT2D eigenvalue weighted by Crippen LogP contribution is 2.20. The van der Waals surface area contributed by atoms with E-state index in [9.17, 15) is 0 Å². The second-order valence-corrected chi connectivity index (χ2v) is 6.92. The Morgan fingerprint density at radius 2 is 1.20 bits per heavy atom. The van der Waals surface area contributed by atoms with Crippen LogP contribution in [-0.4, -0.2) is 0 Å². The molecule has 0 nitrogen and oxygen atoms in total. The van der Waals surface area contributed by atoms with Crippen LogP contribution in [0.15, 0.2) is 12.7 Å². The first-order valence-corrected chi connectivity index (χ1v) is 9.31. The van der Waals surface area contributed by atoms with E-state index in [1.165, 1.54) is 83.5 Å². The minimum Gasteiger partial charge on any atom is -0.103 e. The standard InChI is InChI=1S/C20H40/c1-5-7-9-10-11-12-13-16-20(4)18-14-17-19(3)15-8-6-2/h5,19-20H,1,6-18H2,2-4H3/t19-,20+/m1/s1. The molecule has 0 bridgehead atoms. The molecule has 0 amide bonds. The van der Waals surface area contributed by atoms with E-state index in [2.05, 4.69) is 27.4 Å². The normalized spacial score (nSPS) is 14.2. The van der Waals surface area contributed by atoms with Gasteiger partial charge in [0.05, 0.1) is 0 Å². The first kappa shape index (κ1) is 19.7. The van der Waals surface area contributed by atoms with Crippen molar-refractivity contribution in [3.63, 3.8) is 0 Å². The quantitative estimate of drug-likeness (QED) is 0.215. The van der Waals surface area contributed by atoms with Crippen molar-refractivity contribution in [3.8, 4) is 0 Å². The second kappa shape index (κ2) is 15.1. The molecule has 0 aliphatic heterocycles. The molecule has 0 aromatic rings. The minimum atomic E-state index is 0.946. The summed E-state index contributed by atoms with van der Waals surface area (Å²) in [5.74, 6) is 1.90. The summed E-state index contributed by atoms with van der Waals surface area (Å²) in [5, 5.41) is 0. The van der Waals surface area contributed by atoms with Gasteiger partial charge in [0.1, 0.15) is 0 Å². The highest BCUT2D eigenvalue weighted by molar-refractivity contribution is 4.65. The van der Waals surface area contributed by atoms with Crippen LogP contribution < -0.4 is 0 Å². The van der Waals surface area contributed by atoms with E-state index in [0.29, 0.717) is 0 Å². The Hall–Kier alpha value is -0.260. The number of rotatable bonds is 15. The molecule has 0 fully saturated rings. The smallest absolute Gasteiger partial charge is 0.0353 e. The number of allylic oxidation sites excluding steroid dienone is 1. The van der Waals surface area contributed by atoms with Crippen LogP contribution in [-0.2, 0) is 0 Å². The lowest BCUT2D eigenvalue weighted by Gasteiger charge is -2.14. The maximum Gasteiger partial charge on any atom is -0.0353 e. The summed E-state index contributed by atoms with van der Waals surface area (Å²) in [6.07, 6.45) is 20.3. The van der Waals surface area contributed by atoms with Crippen LogP contribution in [0, 0.1) is 11.8 Å². The van der Waals surface area contributed by atoms with E-state index in [-0.39, 0.29) is 0 Å². The summed E-state index contributed by atoms with van der Waals surface area (Å²) < 4.78 is 0. The van der Waals surface area contributed by atoms with Gasteiger partial charge < -0.3 is 0 Å². The summed E-state index contributed by atoms with van der Waals surface area (Å²) in [4.78, 5) is 0. The highest BCUT2D eigenvalue weighted by atomic mass is 14.1. The van der Waals surface area contributed by atoms with Crippen LogP contribution in [0.4, 0.5) is 0 Å². The lowest BCUT2D eigenvalue weighted by atomic mass is 9.92. The molecule has 0 aliphatic carbocycles. The van der Waals surface area contributed by atoms with Crippen LogP contribution in [0.2, 0.25) is 0 Å². The van der Waals surface area contributed by atoms with Gasteiger partial charge in [0.2, 0.25) is 0 Å². The molecule has 0 heteroatoms. The predicted molar refractivity (Wildman–Crippen MR) is 94.2 cm³/mol. The van der Waals surface area contributed by atoms with Gasteiger partial charge in [-0.25, -0.2) is 0 Å². The average molecular weight is 281 g/mol. The van der Waals surface area contributed by atoms with E-state index in [4.69, 9.17) is 0 Å². The molecular weight excluding hydrogens is 240 g/mol. The first-order valence-electron chi connectivity index (χ1n) is 9.31. The van der Waals surface area contributed by atoms with Gasteiger partial charge in [-0.2, -0.15) is 0 Å². The van der Waals surface area contributed by atoms with E-state index in [1.54, 1.807) is 0 Å². The van der Waals surface area contributed by atoms with Gasteiger partial charge in [-0.15, -0.1) is 6.58 Å². The molecule has 0 aliphatic rings. The summed E-state index contributed by atoms with van der Waals surface area (Å²) in [7, 11) is 0. The monoisotopic (exact) mass is 280 g/mol. The van der Waals surface area contributed by atoms with Crippen molar-refractivity contribution < 1.29 is 0 Å². The highest BCUT2D eigenvalue weighted by Gasteiger charge is 2.05. The van der Waals surface area contributed by atoms with Crippen molar-refractivity contribution in [2.75, 3.05) is 0 Å². The molecule has 0 unspecified atom stereocenters. The Morgan fingerprint density at radius 1 is 0.700 bits per heavy atom. The number of hydrogen-bond acceptors (Lipinski definition) is 0. The van der Waals surface area contributed by atoms with Crippen LogP contribution >= 0.6 is 0 Å². The Kier molecular flexibility index (Phi) is 14.9. The number of unbranched alkanes of at least 4 members (excludes halogenated alkanes) is 6. The van der Waals surface area contributed by atoms with E-state index < -0.39 is 0 Å². The van der Waals surface area contributed by atoms with Crippen molar-refractivity contribution in [1.82, 2.24) is 0 Å². The van der Waals surface area contributed by atoms with E-state index in [1.807, 2.05) is 6.08 Å². The summed E-state index contributed by atoms with van der Waals surface area (Å²) in [5.41, 5.74) is 0. The van der Waals surface area contributed by atoms with E-state index in [0.717, 1.165) is 11.8 Å². The van der Waals surface area contributed by atoms with Crippen molar-refractivity contribution in [2.45, 2.75) is 104 Å². The van der Waals surface area contributed by atoms with Gasteiger partial charge in [-0.1, -0.05) is 97.5 Å². The van der Waals surface area contributed by atoms with Crippen LogP contribution in [0.25, 0.3) is 0 Å². The maximum absolute atomic E-state index is 3.78. The summed E-state index contributed by atoms with van der Waals surface area (Å²) >= 11 is 0. The fourth-order valence-corrected chi connectivity index (χ4v) is 2.97. The van der Waals surface area contributed by atoms with Gasteiger partial charge in [0.15, 0.2) is 0 Å². The molecule has 0 saturated carbocycles. The summed E-state index contributed by atoms with van der Waals surface area (Å²) in [6.45, 7) is 11.0. The Labute approximate surface area is 129 Å². The Bertz CT molecular complexity index is 194. The third-order valence-electron chi connectivity index (χ3n) is 4.55. The van der Waals surface area contributed by atoms with Crippen LogP contribution in [0.3, 0.4) is 0 Å². The van der Waals surface area contributed by atoms with Crippen molar-refractivity contribution >= 4 is 0 Å². The van der Waals surface area contributed by atoms with Crippen molar-refractivity contribution in [2.24, 2.45) is 11.8 Å². The topological polar surface area (TPSA) is 0 Å². The molecule has 0 radical (unpaired) electrons. The molecule has 0 aromatic heterocycles. The fraction of sp³-hybridized carbons (Fsp3) is 0.900. The zero-order chi connectivity index (χ0) is 15.1. The molecule has 0 heterocycles. The zero-order valence-corrected chi connectivity index (χ0v) is 14.6. The molecule has 0 saturated heterocycles. The predicted octanol–water partition coefficient (Wildman–Crippen LogP) is 7.54. The zero-order valence-electron chi connectivity index (χ0n) is 14.6. The SMILES string of the molecule is C=CCCCCCCC[C@H](C)CCC[C@H](C)CCCC. The molecule has 2 atom stereocenters. The van der Waals surface area contributed by atoms with Gasteiger partial charge in [0.25, 0.3) is 0 Å². The molecule has 0 N–H and O–H groups in total. The molecule has 0 spiro atoms. The maximum atomic E-state index is 3.78. The van der Waals surface area contributed by atoms with Gasteiger partial charge >= 0.3 is 0 Å². The fourth-order valence-electron chi connectivity index (χ4n) is 2.97. The van der Waals surface area contributed by atoms with Crippen LogP contribution in [0.5, 0.6) is 0 Å². The Balaban J connectivity index is 3.27. The van der Waals surface area contributed by atoms with Crippen molar-refractivity contribution in [1.29, 1.82) is 0 Å². The molecule has 0 aromatic carbocycles. The largest absolute Gasteiger partial charge is 0.103 e. The minimum absolute atomic E-state index is 0.946. The lowest BCUT2D eigenvalue weighted by molar-refractivity contribution is 0.394. The van der Waals surface area contributed by atoms with Crippen molar-refractivity contribution in [3.05, 3.63) is 12.7 Å². The van der Waals surface area contributed by atoms with E-state index >= 15 is 0 Å². The number of hydrogen-bond donors (Lipinski definition) is 0. The first-order chi connectivity index (χ1) is 9.70. The summed E-state index contributed by atoms with van der Waals surface area (Å²) in [6, 6.07) is 0. The molecule has 20 heavy (non-hydrogen) atoms. The third-order valence-corrected chi connectivity index (χ3v) is 4.55. The molecule has 0 rings (SSSR count). The molecular formula is C20H40. The lowest BCUT2D eigenvalue weighted by Crippen LogP contribution is -1.99. The average Bonchev–Trinajstić information content (AvgIpc) is 2.44. The second-order valence-electron chi connectivity index (χ2n) is 6.92. The van der Waals surface area contributed by atoms with Gasteiger partial charge in [-0.05, 0) is 24.7 Å². The third kappa shape index (κ3) is 14.2. The van der Waals surface area contributed by atoms with Crippen LogP contribution in [0.1, 0.15) is 104 Å².